The number of benzene rings is 1. The second-order valence-electron chi connectivity index (χ2n) is 4.67. The van der Waals surface area contributed by atoms with E-state index in [1.54, 1.807) is 12.4 Å². The summed E-state index contributed by atoms with van der Waals surface area (Å²) in [6, 6.07) is 5.49. The average Bonchev–Trinajstić information content (AvgIpc) is 2.99. The van der Waals surface area contributed by atoms with E-state index in [1.807, 2.05) is 23.6 Å². The number of hydrogen-bond acceptors (Lipinski definition) is 5. The molecule has 2 aromatic rings. The first-order valence-corrected chi connectivity index (χ1v) is 6.94. The van der Waals surface area contributed by atoms with Crippen LogP contribution in [0.4, 0.5) is 5.69 Å². The van der Waals surface area contributed by atoms with Gasteiger partial charge in [-0.3, -0.25) is 4.79 Å². The predicted molar refractivity (Wildman–Crippen MR) is 77.3 cm³/mol. The number of nitrogens with zero attached hydrogens (tertiary/aromatic N) is 3. The van der Waals surface area contributed by atoms with E-state index in [1.165, 1.54) is 0 Å². The summed E-state index contributed by atoms with van der Waals surface area (Å²) >= 11 is 0. The van der Waals surface area contributed by atoms with Crippen molar-refractivity contribution in [3.63, 3.8) is 0 Å². The number of anilines is 1. The number of hydrogen-bond donors (Lipinski definition) is 2. The molecule has 1 aromatic heterocycles. The molecule has 7 heteroatoms. The van der Waals surface area contributed by atoms with Gasteiger partial charge in [0.1, 0.15) is 12.9 Å². The zero-order valence-corrected chi connectivity index (χ0v) is 11.8. The largest absolute Gasteiger partial charge is 0.489 e. The minimum atomic E-state index is -0.179. The second kappa shape index (κ2) is 5.82. The van der Waals surface area contributed by atoms with E-state index in [-0.39, 0.29) is 5.91 Å². The molecule has 2 heterocycles. The first-order valence-electron chi connectivity index (χ1n) is 6.94. The van der Waals surface area contributed by atoms with Crippen LogP contribution in [0.2, 0.25) is 0 Å². The third-order valence-electron chi connectivity index (χ3n) is 3.37. The van der Waals surface area contributed by atoms with Crippen molar-refractivity contribution in [2.45, 2.75) is 20.0 Å². The third kappa shape index (κ3) is 2.67. The Morgan fingerprint density at radius 3 is 3.29 bits per heavy atom. The van der Waals surface area contributed by atoms with Gasteiger partial charge in [-0.25, -0.2) is 0 Å². The van der Waals surface area contributed by atoms with E-state index in [0.717, 1.165) is 24.6 Å². The number of carbonyl (C=O) groups is 1. The number of aryl methyl sites for hydroxylation is 1. The molecular weight excluding hydrogens is 270 g/mol. The minimum Gasteiger partial charge on any atom is -0.489 e. The fourth-order valence-corrected chi connectivity index (χ4v) is 2.28. The number of nitrogens with one attached hydrogen (secondary N) is 2. The molecule has 0 radical (unpaired) electrons. The van der Waals surface area contributed by atoms with Crippen molar-refractivity contribution in [2.75, 3.05) is 18.5 Å². The molecule has 1 aliphatic rings. The van der Waals surface area contributed by atoms with Crippen LogP contribution in [-0.4, -0.2) is 33.8 Å². The molecule has 0 aliphatic carbocycles. The number of aromatic nitrogens is 3. The van der Waals surface area contributed by atoms with Gasteiger partial charge in [-0.15, -0.1) is 10.2 Å². The Bertz CT molecular complexity index is 653. The van der Waals surface area contributed by atoms with Crippen LogP contribution in [-0.2, 0) is 13.1 Å². The van der Waals surface area contributed by atoms with Crippen molar-refractivity contribution in [1.29, 1.82) is 0 Å². The molecule has 21 heavy (non-hydrogen) atoms. The summed E-state index contributed by atoms with van der Waals surface area (Å²) in [5.41, 5.74) is 1.38. The molecule has 7 nitrogen and oxygen atoms in total. The van der Waals surface area contributed by atoms with E-state index in [2.05, 4.69) is 20.8 Å². The highest BCUT2D eigenvalue weighted by Crippen LogP contribution is 2.31. The number of ether oxygens (including phenoxy) is 1. The Morgan fingerprint density at radius 2 is 2.43 bits per heavy atom. The van der Waals surface area contributed by atoms with Crippen molar-refractivity contribution in [3.05, 3.63) is 35.9 Å². The number of fused-ring (bicyclic) bond motifs is 1. The smallest absolute Gasteiger partial charge is 0.255 e. The van der Waals surface area contributed by atoms with Crippen LogP contribution in [0.1, 0.15) is 23.1 Å². The van der Waals surface area contributed by atoms with Gasteiger partial charge >= 0.3 is 0 Å². The lowest BCUT2D eigenvalue weighted by Gasteiger charge is -2.21. The molecule has 110 valence electrons. The Labute approximate surface area is 122 Å². The molecule has 0 unspecified atom stereocenters. The summed E-state index contributed by atoms with van der Waals surface area (Å²) in [7, 11) is 0. The molecule has 0 saturated carbocycles. The highest BCUT2D eigenvalue weighted by atomic mass is 16.5. The molecule has 3 rings (SSSR count). The van der Waals surface area contributed by atoms with Gasteiger partial charge in [0.25, 0.3) is 5.91 Å². The summed E-state index contributed by atoms with van der Waals surface area (Å²) in [6.45, 7) is 4.41. The second-order valence-corrected chi connectivity index (χ2v) is 4.67. The molecule has 1 aromatic carbocycles. The van der Waals surface area contributed by atoms with E-state index in [9.17, 15) is 4.79 Å². The fraction of sp³-hybridized carbons (Fsp3) is 0.357. The van der Waals surface area contributed by atoms with Gasteiger partial charge in [0.15, 0.2) is 11.6 Å². The molecule has 1 amide bonds. The van der Waals surface area contributed by atoms with Crippen LogP contribution in [0.25, 0.3) is 0 Å². The van der Waals surface area contributed by atoms with Crippen LogP contribution < -0.4 is 15.4 Å². The molecule has 0 bridgehead atoms. The molecule has 0 spiro atoms. The zero-order chi connectivity index (χ0) is 14.7. The van der Waals surface area contributed by atoms with Crippen LogP contribution in [0.3, 0.4) is 0 Å². The van der Waals surface area contributed by atoms with E-state index >= 15 is 0 Å². The van der Waals surface area contributed by atoms with Gasteiger partial charge in [-0.2, -0.15) is 0 Å². The average molecular weight is 287 g/mol. The predicted octanol–water partition coefficient (Wildman–Crippen LogP) is 1.03. The van der Waals surface area contributed by atoms with Gasteiger partial charge in [0.2, 0.25) is 0 Å². The summed E-state index contributed by atoms with van der Waals surface area (Å²) in [6.07, 6.45) is 1.65. The van der Waals surface area contributed by atoms with Crippen molar-refractivity contribution in [1.82, 2.24) is 20.1 Å². The van der Waals surface area contributed by atoms with Crippen molar-refractivity contribution < 1.29 is 9.53 Å². The van der Waals surface area contributed by atoms with E-state index < -0.39 is 0 Å². The first-order chi connectivity index (χ1) is 10.3. The van der Waals surface area contributed by atoms with Crippen LogP contribution in [0, 0.1) is 0 Å². The highest BCUT2D eigenvalue weighted by Gasteiger charge is 2.19. The Balaban J connectivity index is 1.74. The number of carbonyl (C=O) groups excluding carboxylic acids is 1. The highest BCUT2D eigenvalue weighted by molar-refractivity contribution is 5.98. The molecule has 0 fully saturated rings. The topological polar surface area (TPSA) is 81.1 Å². The van der Waals surface area contributed by atoms with Crippen LogP contribution in [0.5, 0.6) is 5.75 Å². The molecule has 0 saturated heterocycles. The fourth-order valence-electron chi connectivity index (χ4n) is 2.28. The number of amides is 1. The van der Waals surface area contributed by atoms with E-state index in [0.29, 0.717) is 24.5 Å². The van der Waals surface area contributed by atoms with Crippen molar-refractivity contribution in [2.24, 2.45) is 0 Å². The van der Waals surface area contributed by atoms with Gasteiger partial charge < -0.3 is 19.9 Å². The van der Waals surface area contributed by atoms with E-state index in [4.69, 9.17) is 4.74 Å². The lowest BCUT2D eigenvalue weighted by atomic mass is 10.1. The number of para-hydroxylation sites is 1. The third-order valence-corrected chi connectivity index (χ3v) is 3.37. The summed E-state index contributed by atoms with van der Waals surface area (Å²) < 4.78 is 7.49. The van der Waals surface area contributed by atoms with Gasteiger partial charge in [-0.05, 0) is 19.1 Å². The number of rotatable bonds is 4. The van der Waals surface area contributed by atoms with Gasteiger partial charge in [-0.1, -0.05) is 6.07 Å². The van der Waals surface area contributed by atoms with Crippen molar-refractivity contribution >= 4 is 11.6 Å². The summed E-state index contributed by atoms with van der Waals surface area (Å²) in [4.78, 5) is 12.3. The van der Waals surface area contributed by atoms with Gasteiger partial charge in [0.05, 0.1) is 17.8 Å². The maximum atomic E-state index is 12.3. The normalized spacial score (nSPS) is 13.0. The maximum absolute atomic E-state index is 12.3. The van der Waals surface area contributed by atoms with Gasteiger partial charge in [0, 0.05) is 13.1 Å². The summed E-state index contributed by atoms with van der Waals surface area (Å²) in [5, 5.41) is 13.9. The minimum absolute atomic E-state index is 0.179. The van der Waals surface area contributed by atoms with Crippen LogP contribution >= 0.6 is 0 Å². The Morgan fingerprint density at radius 1 is 1.52 bits per heavy atom. The molecular formula is C14H17N5O2. The monoisotopic (exact) mass is 287 g/mol. The standard InChI is InChI=1S/C14H17N5O2/c1-2-19-9-17-18-12(19)8-16-14(20)10-4-3-5-11-13(10)21-7-6-15-11/h3-5,9,15H,2,6-8H2,1H3,(H,16,20). The molecule has 2 N–H and O–H groups in total. The molecule has 0 atom stereocenters. The van der Waals surface area contributed by atoms with Crippen LogP contribution in [0.15, 0.2) is 24.5 Å². The maximum Gasteiger partial charge on any atom is 0.255 e. The Kier molecular flexibility index (Phi) is 3.72. The lowest BCUT2D eigenvalue weighted by molar-refractivity contribution is 0.0945. The summed E-state index contributed by atoms with van der Waals surface area (Å²) in [5.74, 6) is 1.16. The lowest BCUT2D eigenvalue weighted by Crippen LogP contribution is -2.27. The zero-order valence-electron chi connectivity index (χ0n) is 11.8. The SMILES string of the molecule is CCn1cnnc1CNC(=O)c1cccc2c1OCCN2. The quantitative estimate of drug-likeness (QED) is 0.878. The Hall–Kier alpha value is -2.57. The molecule has 1 aliphatic heterocycles. The van der Waals surface area contributed by atoms with Crippen molar-refractivity contribution in [3.8, 4) is 5.75 Å². The first kappa shape index (κ1) is 13.4.